The van der Waals surface area contributed by atoms with Gasteiger partial charge in [-0.25, -0.2) is 4.98 Å². The van der Waals surface area contributed by atoms with Crippen LogP contribution in [0, 0.1) is 20.8 Å². The molecule has 3 rings (SSSR count). The Labute approximate surface area is 137 Å². The topological polar surface area (TPSA) is 37.8 Å². The molecule has 6 heteroatoms. The van der Waals surface area contributed by atoms with Crippen molar-refractivity contribution >= 4 is 56.3 Å². The Kier molecular flexibility index (Phi) is 3.78. The molecule has 0 saturated carbocycles. The van der Waals surface area contributed by atoms with Crippen molar-refractivity contribution in [3.63, 3.8) is 0 Å². The summed E-state index contributed by atoms with van der Waals surface area (Å²) in [7, 11) is 0. The van der Waals surface area contributed by atoms with Crippen LogP contribution in [0.2, 0.25) is 10.3 Å². The lowest BCUT2D eigenvalue weighted by atomic mass is 10.2. The van der Waals surface area contributed by atoms with E-state index in [1.807, 2.05) is 25.1 Å². The van der Waals surface area contributed by atoms with Crippen molar-refractivity contribution in [3.8, 4) is 0 Å². The van der Waals surface area contributed by atoms with Crippen molar-refractivity contribution in [2.45, 2.75) is 20.8 Å². The maximum Gasteiger partial charge on any atom is 0.225 e. The predicted molar refractivity (Wildman–Crippen MR) is 91.4 cm³/mol. The zero-order valence-corrected chi connectivity index (χ0v) is 14.1. The molecule has 0 bridgehead atoms. The number of hydrogen-bond acceptors (Lipinski definition) is 4. The minimum Gasteiger partial charge on any atom is -0.339 e. The molecule has 0 amide bonds. The van der Waals surface area contributed by atoms with E-state index in [2.05, 4.69) is 29.1 Å². The molecule has 0 atom stereocenters. The molecule has 0 aliphatic rings. The average Bonchev–Trinajstić information content (AvgIpc) is 2.68. The summed E-state index contributed by atoms with van der Waals surface area (Å²) >= 11 is 13.7. The van der Waals surface area contributed by atoms with E-state index in [4.69, 9.17) is 23.2 Å². The van der Waals surface area contributed by atoms with Crippen molar-refractivity contribution in [3.05, 3.63) is 44.5 Å². The van der Waals surface area contributed by atoms with Gasteiger partial charge in [-0.1, -0.05) is 11.6 Å². The van der Waals surface area contributed by atoms with Gasteiger partial charge >= 0.3 is 0 Å². The summed E-state index contributed by atoms with van der Waals surface area (Å²) in [6, 6.07) is 5.70. The van der Waals surface area contributed by atoms with Gasteiger partial charge in [0.05, 0.1) is 5.39 Å². The molecule has 1 aromatic carbocycles. The third-order valence-corrected chi connectivity index (χ3v) is 4.95. The molecule has 0 unspecified atom stereocenters. The van der Waals surface area contributed by atoms with Gasteiger partial charge < -0.3 is 5.32 Å². The van der Waals surface area contributed by atoms with Crippen LogP contribution in [0.5, 0.6) is 0 Å². The molecule has 0 radical (unpaired) electrons. The maximum atomic E-state index is 6.04. The molecule has 2 aromatic heterocycles. The van der Waals surface area contributed by atoms with Gasteiger partial charge in [0.25, 0.3) is 0 Å². The summed E-state index contributed by atoms with van der Waals surface area (Å²) in [5.74, 6) is 0.734. The van der Waals surface area contributed by atoms with Crippen molar-refractivity contribution in [1.29, 1.82) is 0 Å². The van der Waals surface area contributed by atoms with Gasteiger partial charge in [-0.3, -0.25) is 0 Å². The monoisotopic (exact) mass is 337 g/mol. The van der Waals surface area contributed by atoms with Crippen LogP contribution in [0.15, 0.2) is 18.2 Å². The largest absolute Gasteiger partial charge is 0.339 e. The number of hydrogen-bond donors (Lipinski definition) is 1. The Hall–Kier alpha value is -1.36. The zero-order chi connectivity index (χ0) is 15.1. The summed E-state index contributed by atoms with van der Waals surface area (Å²) < 4.78 is 0. The minimum atomic E-state index is 0.248. The molecule has 0 aliphatic heterocycles. The van der Waals surface area contributed by atoms with Crippen molar-refractivity contribution in [2.24, 2.45) is 0 Å². The Bertz CT molecular complexity index is 843. The average molecular weight is 338 g/mol. The fourth-order valence-electron chi connectivity index (χ4n) is 2.21. The highest BCUT2D eigenvalue weighted by Crippen LogP contribution is 2.35. The quantitative estimate of drug-likeness (QED) is 0.612. The molecule has 0 saturated heterocycles. The van der Waals surface area contributed by atoms with E-state index in [0.29, 0.717) is 5.02 Å². The summed E-state index contributed by atoms with van der Waals surface area (Å²) in [5.41, 5.74) is 3.19. The smallest absolute Gasteiger partial charge is 0.225 e. The van der Waals surface area contributed by atoms with E-state index >= 15 is 0 Å². The Morgan fingerprint density at radius 3 is 2.57 bits per heavy atom. The number of thiophene rings is 1. The van der Waals surface area contributed by atoms with Crippen molar-refractivity contribution in [1.82, 2.24) is 9.97 Å². The number of benzene rings is 1. The Morgan fingerprint density at radius 1 is 1.10 bits per heavy atom. The predicted octanol–water partition coefficient (Wildman–Crippen LogP) is 5.67. The third-order valence-electron chi connectivity index (χ3n) is 3.44. The minimum absolute atomic E-state index is 0.248. The molecule has 21 heavy (non-hydrogen) atoms. The van der Waals surface area contributed by atoms with Crippen molar-refractivity contribution < 1.29 is 0 Å². The number of rotatable bonds is 2. The third kappa shape index (κ3) is 2.71. The summed E-state index contributed by atoms with van der Waals surface area (Å²) in [5, 5.41) is 5.34. The first-order valence-electron chi connectivity index (χ1n) is 6.42. The van der Waals surface area contributed by atoms with Gasteiger partial charge in [0.15, 0.2) is 0 Å². The number of halogens is 2. The second kappa shape index (κ2) is 5.44. The number of nitrogens with one attached hydrogen (secondary N) is 1. The zero-order valence-electron chi connectivity index (χ0n) is 11.8. The fraction of sp³-hybridized carbons (Fsp3) is 0.200. The number of aromatic nitrogens is 2. The van der Waals surface area contributed by atoms with Crippen LogP contribution in [0.3, 0.4) is 0 Å². The summed E-state index contributed by atoms with van der Waals surface area (Å²) in [6.07, 6.45) is 0. The summed E-state index contributed by atoms with van der Waals surface area (Å²) in [4.78, 5) is 10.8. The molecular formula is C15H13Cl2N3S. The Morgan fingerprint density at radius 2 is 1.86 bits per heavy atom. The number of nitrogens with zero attached hydrogens (tertiary/aromatic N) is 2. The lowest BCUT2D eigenvalue weighted by Crippen LogP contribution is -1.98. The van der Waals surface area contributed by atoms with Gasteiger partial charge in [-0.15, -0.1) is 11.3 Å². The van der Waals surface area contributed by atoms with E-state index in [9.17, 15) is 0 Å². The van der Waals surface area contributed by atoms with Gasteiger partial charge in [0, 0.05) is 15.6 Å². The maximum absolute atomic E-state index is 6.04. The highest BCUT2D eigenvalue weighted by molar-refractivity contribution is 7.18. The SMILES string of the molecule is Cc1cc(Cl)ccc1Nc1nc(Cl)nc2sc(C)c(C)c12. The Balaban J connectivity index is 2.15. The number of anilines is 2. The molecule has 0 spiro atoms. The lowest BCUT2D eigenvalue weighted by molar-refractivity contribution is 1.22. The van der Waals surface area contributed by atoms with Crippen LogP contribution in [0.1, 0.15) is 16.0 Å². The van der Waals surface area contributed by atoms with E-state index in [0.717, 1.165) is 27.3 Å². The van der Waals surface area contributed by atoms with Crippen LogP contribution in [0.25, 0.3) is 10.2 Å². The van der Waals surface area contributed by atoms with Gasteiger partial charge in [0.1, 0.15) is 10.6 Å². The first-order chi connectivity index (χ1) is 9.95. The summed E-state index contributed by atoms with van der Waals surface area (Å²) in [6.45, 7) is 6.15. The van der Waals surface area contributed by atoms with Gasteiger partial charge in [0.2, 0.25) is 5.28 Å². The highest BCUT2D eigenvalue weighted by atomic mass is 35.5. The molecule has 3 nitrogen and oxygen atoms in total. The van der Waals surface area contributed by atoms with E-state index in [-0.39, 0.29) is 5.28 Å². The lowest BCUT2D eigenvalue weighted by Gasteiger charge is -2.11. The number of aryl methyl sites for hydroxylation is 3. The molecule has 3 aromatic rings. The molecule has 1 N–H and O–H groups in total. The molecular weight excluding hydrogens is 325 g/mol. The first-order valence-corrected chi connectivity index (χ1v) is 7.99. The highest BCUT2D eigenvalue weighted by Gasteiger charge is 2.14. The van der Waals surface area contributed by atoms with E-state index in [1.165, 1.54) is 10.4 Å². The van der Waals surface area contributed by atoms with Crippen LogP contribution in [0.4, 0.5) is 11.5 Å². The van der Waals surface area contributed by atoms with Crippen LogP contribution >= 0.6 is 34.5 Å². The van der Waals surface area contributed by atoms with Gasteiger partial charge in [-0.05, 0) is 61.7 Å². The standard InChI is InChI=1S/C15H13Cl2N3S/c1-7-6-10(16)4-5-11(7)18-13-12-8(2)9(3)21-14(12)20-15(17)19-13/h4-6H,1-3H3,(H,18,19,20). The van der Waals surface area contributed by atoms with Crippen molar-refractivity contribution in [2.75, 3.05) is 5.32 Å². The first kappa shape index (κ1) is 14.6. The van der Waals surface area contributed by atoms with Crippen LogP contribution < -0.4 is 5.32 Å². The molecule has 108 valence electrons. The second-order valence-electron chi connectivity index (χ2n) is 4.89. The second-order valence-corrected chi connectivity index (χ2v) is 6.87. The van der Waals surface area contributed by atoms with Crippen LogP contribution in [-0.4, -0.2) is 9.97 Å². The molecule has 0 fully saturated rings. The fourth-order valence-corrected chi connectivity index (χ4v) is 3.68. The molecule has 2 heterocycles. The van der Waals surface area contributed by atoms with Crippen LogP contribution in [-0.2, 0) is 0 Å². The van der Waals surface area contributed by atoms with Gasteiger partial charge in [-0.2, -0.15) is 4.98 Å². The van der Waals surface area contributed by atoms with E-state index in [1.54, 1.807) is 11.3 Å². The molecule has 0 aliphatic carbocycles. The normalized spacial score (nSPS) is 11.1. The van der Waals surface area contributed by atoms with E-state index < -0.39 is 0 Å². The number of fused-ring (bicyclic) bond motifs is 1.